The molecule has 1 heterocycles. The molecule has 124 valence electrons. The Hall–Kier alpha value is -1.62. The van der Waals surface area contributed by atoms with E-state index >= 15 is 0 Å². The topological polar surface area (TPSA) is 40.6 Å². The van der Waals surface area contributed by atoms with Gasteiger partial charge in [-0.05, 0) is 30.2 Å². The molecule has 1 aliphatic rings. The number of hydrogen-bond donors (Lipinski definition) is 0. The SMILES string of the molecule is CCC(C)C(=O)N1CCN(C(=O)C=Cc2ccc(Br)cc2)CC1. The van der Waals surface area contributed by atoms with E-state index in [-0.39, 0.29) is 17.7 Å². The molecule has 5 heteroatoms. The first-order chi connectivity index (χ1) is 11.0. The predicted octanol–water partition coefficient (Wildman–Crippen LogP) is 3.18. The molecule has 1 fully saturated rings. The van der Waals surface area contributed by atoms with E-state index in [1.54, 1.807) is 11.0 Å². The first-order valence-electron chi connectivity index (χ1n) is 8.02. The van der Waals surface area contributed by atoms with Crippen LogP contribution in [0.15, 0.2) is 34.8 Å². The molecule has 4 nitrogen and oxygen atoms in total. The van der Waals surface area contributed by atoms with E-state index in [2.05, 4.69) is 15.9 Å². The van der Waals surface area contributed by atoms with Gasteiger partial charge in [-0.3, -0.25) is 9.59 Å². The second-order valence-corrected chi connectivity index (χ2v) is 6.76. The van der Waals surface area contributed by atoms with Crippen molar-refractivity contribution in [3.05, 3.63) is 40.4 Å². The minimum absolute atomic E-state index is 0.00329. The number of hydrogen-bond acceptors (Lipinski definition) is 2. The summed E-state index contributed by atoms with van der Waals surface area (Å²) in [5.41, 5.74) is 0.993. The fourth-order valence-corrected chi connectivity index (χ4v) is 2.74. The second kappa shape index (κ2) is 8.29. The van der Waals surface area contributed by atoms with Gasteiger partial charge in [-0.25, -0.2) is 0 Å². The summed E-state index contributed by atoms with van der Waals surface area (Å²) in [5, 5.41) is 0. The van der Waals surface area contributed by atoms with Gasteiger partial charge in [0, 0.05) is 42.6 Å². The molecule has 1 saturated heterocycles. The lowest BCUT2D eigenvalue weighted by molar-refractivity contribution is -0.140. The van der Waals surface area contributed by atoms with E-state index in [0.717, 1.165) is 16.5 Å². The Morgan fingerprint density at radius 3 is 2.26 bits per heavy atom. The Morgan fingerprint density at radius 1 is 1.13 bits per heavy atom. The van der Waals surface area contributed by atoms with E-state index in [1.807, 2.05) is 49.1 Å². The van der Waals surface area contributed by atoms with Crippen molar-refractivity contribution < 1.29 is 9.59 Å². The molecule has 23 heavy (non-hydrogen) atoms. The summed E-state index contributed by atoms with van der Waals surface area (Å²) in [6, 6.07) is 7.81. The van der Waals surface area contributed by atoms with Crippen molar-refractivity contribution in [2.45, 2.75) is 20.3 Å². The monoisotopic (exact) mass is 378 g/mol. The van der Waals surface area contributed by atoms with Crippen LogP contribution in [0.2, 0.25) is 0 Å². The van der Waals surface area contributed by atoms with Crippen LogP contribution in [0.1, 0.15) is 25.8 Å². The molecule has 0 radical (unpaired) electrons. The molecule has 1 aliphatic heterocycles. The van der Waals surface area contributed by atoms with Gasteiger partial charge in [-0.1, -0.05) is 41.9 Å². The number of carbonyl (C=O) groups is 2. The smallest absolute Gasteiger partial charge is 0.246 e. The molecule has 1 aromatic rings. The van der Waals surface area contributed by atoms with Crippen LogP contribution in [0.3, 0.4) is 0 Å². The van der Waals surface area contributed by atoms with Gasteiger partial charge in [0.15, 0.2) is 0 Å². The highest BCUT2D eigenvalue weighted by molar-refractivity contribution is 9.10. The zero-order valence-electron chi connectivity index (χ0n) is 13.7. The third-order valence-corrected chi connectivity index (χ3v) is 4.75. The third kappa shape index (κ3) is 4.93. The summed E-state index contributed by atoms with van der Waals surface area (Å²) in [7, 11) is 0. The molecule has 0 aromatic heterocycles. The molecule has 1 aromatic carbocycles. The molecular weight excluding hydrogens is 356 g/mol. The fraction of sp³-hybridized carbons (Fsp3) is 0.444. The lowest BCUT2D eigenvalue weighted by Crippen LogP contribution is -2.51. The summed E-state index contributed by atoms with van der Waals surface area (Å²) < 4.78 is 1.02. The molecule has 1 unspecified atom stereocenters. The largest absolute Gasteiger partial charge is 0.339 e. The standard InChI is InChI=1S/C18H23BrN2O2/c1-3-14(2)18(23)21-12-10-20(11-13-21)17(22)9-6-15-4-7-16(19)8-5-15/h4-9,14H,3,10-13H2,1-2H3. The lowest BCUT2D eigenvalue weighted by Gasteiger charge is -2.35. The summed E-state index contributed by atoms with van der Waals surface area (Å²) in [5.74, 6) is 0.267. The molecule has 0 aliphatic carbocycles. The van der Waals surface area contributed by atoms with Crippen molar-refractivity contribution in [3.8, 4) is 0 Å². The summed E-state index contributed by atoms with van der Waals surface area (Å²) in [4.78, 5) is 28.1. The molecule has 2 rings (SSSR count). The highest BCUT2D eigenvalue weighted by atomic mass is 79.9. The third-order valence-electron chi connectivity index (χ3n) is 4.23. The normalized spacial score (nSPS) is 16.7. The van der Waals surface area contributed by atoms with Crippen LogP contribution in [0.5, 0.6) is 0 Å². The first-order valence-corrected chi connectivity index (χ1v) is 8.82. The number of piperazine rings is 1. The van der Waals surface area contributed by atoms with Gasteiger partial charge in [-0.2, -0.15) is 0 Å². The Labute approximate surface area is 146 Å². The van der Waals surface area contributed by atoms with E-state index in [0.29, 0.717) is 26.2 Å². The fourth-order valence-electron chi connectivity index (χ4n) is 2.48. The van der Waals surface area contributed by atoms with Gasteiger partial charge in [-0.15, -0.1) is 0 Å². The Kier molecular flexibility index (Phi) is 6.39. The number of amides is 2. The maximum atomic E-state index is 12.2. The molecule has 1 atom stereocenters. The average Bonchev–Trinajstić information content (AvgIpc) is 2.59. The summed E-state index contributed by atoms with van der Waals surface area (Å²) in [6.07, 6.45) is 4.29. The summed E-state index contributed by atoms with van der Waals surface area (Å²) in [6.45, 7) is 6.44. The van der Waals surface area contributed by atoms with E-state index in [4.69, 9.17) is 0 Å². The van der Waals surface area contributed by atoms with Crippen molar-refractivity contribution in [2.75, 3.05) is 26.2 Å². The molecule has 0 saturated carbocycles. The maximum Gasteiger partial charge on any atom is 0.246 e. The van der Waals surface area contributed by atoms with Crippen molar-refractivity contribution in [1.82, 2.24) is 9.80 Å². The van der Waals surface area contributed by atoms with Crippen molar-refractivity contribution in [1.29, 1.82) is 0 Å². The minimum Gasteiger partial charge on any atom is -0.339 e. The van der Waals surface area contributed by atoms with Crippen LogP contribution in [-0.4, -0.2) is 47.8 Å². The van der Waals surface area contributed by atoms with Gasteiger partial charge in [0.25, 0.3) is 0 Å². The van der Waals surface area contributed by atoms with Crippen LogP contribution in [0.25, 0.3) is 6.08 Å². The number of nitrogens with zero attached hydrogens (tertiary/aromatic N) is 2. The van der Waals surface area contributed by atoms with Crippen molar-refractivity contribution >= 4 is 33.8 Å². The molecular formula is C18H23BrN2O2. The Bertz CT molecular complexity index is 575. The van der Waals surface area contributed by atoms with Crippen LogP contribution < -0.4 is 0 Å². The van der Waals surface area contributed by atoms with Crippen molar-refractivity contribution in [3.63, 3.8) is 0 Å². The molecule has 0 spiro atoms. The number of carbonyl (C=O) groups excluding carboxylic acids is 2. The van der Waals surface area contributed by atoms with Gasteiger partial charge in [0.05, 0.1) is 0 Å². The van der Waals surface area contributed by atoms with Gasteiger partial charge < -0.3 is 9.80 Å². The zero-order valence-corrected chi connectivity index (χ0v) is 15.3. The zero-order chi connectivity index (χ0) is 16.8. The number of halogens is 1. The van der Waals surface area contributed by atoms with Gasteiger partial charge in [0.1, 0.15) is 0 Å². The van der Waals surface area contributed by atoms with Crippen molar-refractivity contribution in [2.24, 2.45) is 5.92 Å². The highest BCUT2D eigenvalue weighted by Crippen LogP contribution is 2.13. The van der Waals surface area contributed by atoms with Crippen LogP contribution in [-0.2, 0) is 9.59 Å². The quantitative estimate of drug-likeness (QED) is 0.754. The number of benzene rings is 1. The first kappa shape index (κ1) is 17.7. The van der Waals surface area contributed by atoms with E-state index in [9.17, 15) is 9.59 Å². The average molecular weight is 379 g/mol. The van der Waals surface area contributed by atoms with Crippen LogP contribution in [0, 0.1) is 5.92 Å². The predicted molar refractivity (Wildman–Crippen MR) is 95.8 cm³/mol. The maximum absolute atomic E-state index is 12.2. The molecule has 0 N–H and O–H groups in total. The molecule has 0 bridgehead atoms. The van der Waals surface area contributed by atoms with E-state index < -0.39 is 0 Å². The Balaban J connectivity index is 1.86. The summed E-state index contributed by atoms with van der Waals surface area (Å²) >= 11 is 3.39. The van der Waals surface area contributed by atoms with Crippen LogP contribution >= 0.6 is 15.9 Å². The molecule has 2 amide bonds. The minimum atomic E-state index is 0.00329. The van der Waals surface area contributed by atoms with E-state index in [1.165, 1.54) is 0 Å². The highest BCUT2D eigenvalue weighted by Gasteiger charge is 2.25. The van der Waals surface area contributed by atoms with Crippen LogP contribution in [0.4, 0.5) is 0 Å². The van der Waals surface area contributed by atoms with Gasteiger partial charge in [0.2, 0.25) is 11.8 Å². The number of rotatable bonds is 4. The second-order valence-electron chi connectivity index (χ2n) is 5.84. The lowest BCUT2D eigenvalue weighted by atomic mass is 10.1. The van der Waals surface area contributed by atoms with Gasteiger partial charge >= 0.3 is 0 Å². The Morgan fingerprint density at radius 2 is 1.70 bits per heavy atom.